The predicted molar refractivity (Wildman–Crippen MR) is 272 cm³/mol. The molecule has 0 spiro atoms. The SMILES string of the molecule is CCCCCCCCCOC(=O)CCCCCCC/C(=C\CCCCc1ccc(N)c(C)c(=O)c1)CCCCCCCCC(=O)OC(CCCCCCCC)CCCCCCCC. The van der Waals surface area contributed by atoms with Gasteiger partial charge in [-0.05, 0) is 121 Å². The average Bonchev–Trinajstić information content (AvgIpc) is 3.39. The number of esters is 2. The van der Waals surface area contributed by atoms with Crippen LogP contribution in [-0.4, -0.2) is 24.6 Å². The molecule has 0 unspecified atom stereocenters. The Labute approximate surface area is 389 Å². The second-order valence-electron chi connectivity index (χ2n) is 19.1. The van der Waals surface area contributed by atoms with Gasteiger partial charge in [0.1, 0.15) is 6.10 Å². The van der Waals surface area contributed by atoms with Crippen LogP contribution in [0.15, 0.2) is 34.6 Å². The lowest BCUT2D eigenvalue weighted by atomic mass is 9.97. The van der Waals surface area contributed by atoms with E-state index in [2.05, 4.69) is 26.8 Å². The number of anilines is 1. The number of ether oxygens (including phenoxy) is 2. The van der Waals surface area contributed by atoms with Crippen LogP contribution in [0.25, 0.3) is 0 Å². The Morgan fingerprint density at radius 3 is 1.51 bits per heavy atom. The summed E-state index contributed by atoms with van der Waals surface area (Å²) in [5.41, 5.74) is 9.90. The van der Waals surface area contributed by atoms with Crippen LogP contribution in [-0.2, 0) is 25.5 Å². The molecule has 0 atom stereocenters. The standard InChI is InChI=1S/C57H101NO5/c1-5-8-11-14-19-27-37-48-62-56(60)44-35-26-20-22-30-39-51(40-31-28-32-41-52-46-47-54(58)50(4)55(59)49-52)38-29-21-17-18-25-36-45-57(61)63-53(42-33-23-15-12-9-6-2)43-34-24-16-13-10-7-3/h40,46-47,49,53H,5-39,41-45,48,58H2,1-4H3/b51-40-. The van der Waals surface area contributed by atoms with Gasteiger partial charge in [0.05, 0.1) is 6.61 Å². The van der Waals surface area contributed by atoms with Crippen molar-refractivity contribution >= 4 is 17.6 Å². The van der Waals surface area contributed by atoms with E-state index in [-0.39, 0.29) is 23.5 Å². The summed E-state index contributed by atoms with van der Waals surface area (Å²) in [4.78, 5) is 37.4. The van der Waals surface area contributed by atoms with Crippen LogP contribution < -0.4 is 11.2 Å². The van der Waals surface area contributed by atoms with Crippen molar-refractivity contribution in [3.05, 3.63) is 51.2 Å². The molecule has 0 radical (unpaired) electrons. The van der Waals surface area contributed by atoms with Gasteiger partial charge in [0.25, 0.3) is 0 Å². The largest absolute Gasteiger partial charge is 0.466 e. The summed E-state index contributed by atoms with van der Waals surface area (Å²) in [6, 6.07) is 5.62. The fourth-order valence-corrected chi connectivity index (χ4v) is 8.66. The molecule has 0 aromatic heterocycles. The van der Waals surface area contributed by atoms with Gasteiger partial charge in [-0.2, -0.15) is 0 Å². The third-order valence-corrected chi connectivity index (χ3v) is 13.0. The van der Waals surface area contributed by atoms with E-state index in [1.165, 1.54) is 161 Å². The minimum absolute atomic E-state index is 0.0241. The van der Waals surface area contributed by atoms with E-state index in [0.717, 1.165) is 89.0 Å². The molecule has 6 nitrogen and oxygen atoms in total. The summed E-state index contributed by atoms with van der Waals surface area (Å²) >= 11 is 0. The van der Waals surface area contributed by atoms with Crippen LogP contribution >= 0.6 is 0 Å². The first-order valence-electron chi connectivity index (χ1n) is 27.2. The third kappa shape index (κ3) is 36.3. The van der Waals surface area contributed by atoms with Gasteiger partial charge in [0.15, 0.2) is 5.43 Å². The number of rotatable bonds is 45. The van der Waals surface area contributed by atoms with Crippen LogP contribution in [0.4, 0.5) is 5.69 Å². The lowest BCUT2D eigenvalue weighted by Crippen LogP contribution is -2.18. The molecule has 0 aliphatic heterocycles. The Bertz CT molecular complexity index is 1310. The van der Waals surface area contributed by atoms with Crippen LogP contribution in [0.5, 0.6) is 0 Å². The predicted octanol–water partition coefficient (Wildman–Crippen LogP) is 17.1. The molecule has 1 aromatic rings. The highest BCUT2D eigenvalue weighted by molar-refractivity contribution is 5.69. The zero-order valence-corrected chi connectivity index (χ0v) is 42.0. The molecule has 0 saturated carbocycles. The van der Waals surface area contributed by atoms with Crippen molar-refractivity contribution in [3.63, 3.8) is 0 Å². The molecular weight excluding hydrogens is 779 g/mol. The van der Waals surface area contributed by atoms with Crippen molar-refractivity contribution in [1.29, 1.82) is 0 Å². The van der Waals surface area contributed by atoms with E-state index in [0.29, 0.717) is 30.7 Å². The Morgan fingerprint density at radius 1 is 0.540 bits per heavy atom. The summed E-state index contributed by atoms with van der Waals surface area (Å²) in [6.45, 7) is 9.16. The molecule has 0 heterocycles. The summed E-state index contributed by atoms with van der Waals surface area (Å²) in [6.07, 6.45) is 48.8. The van der Waals surface area contributed by atoms with Gasteiger partial charge in [-0.15, -0.1) is 0 Å². The number of nitrogens with two attached hydrogens (primary N) is 1. The Balaban J connectivity index is 2.43. The highest BCUT2D eigenvalue weighted by Crippen LogP contribution is 2.22. The van der Waals surface area contributed by atoms with Crippen molar-refractivity contribution in [3.8, 4) is 0 Å². The second-order valence-corrected chi connectivity index (χ2v) is 19.1. The van der Waals surface area contributed by atoms with Crippen molar-refractivity contribution in [2.45, 2.75) is 291 Å². The Morgan fingerprint density at radius 2 is 0.984 bits per heavy atom. The first-order valence-corrected chi connectivity index (χ1v) is 27.2. The molecule has 1 rings (SSSR count). The van der Waals surface area contributed by atoms with Gasteiger partial charge in [-0.25, -0.2) is 0 Å². The summed E-state index contributed by atoms with van der Waals surface area (Å²) in [7, 11) is 0. The zero-order chi connectivity index (χ0) is 45.9. The second kappa shape index (κ2) is 43.3. The smallest absolute Gasteiger partial charge is 0.306 e. The molecule has 2 N–H and O–H groups in total. The maximum atomic E-state index is 12.9. The van der Waals surface area contributed by atoms with Gasteiger partial charge >= 0.3 is 11.9 Å². The Hall–Kier alpha value is -2.63. The van der Waals surface area contributed by atoms with E-state index >= 15 is 0 Å². The number of carbonyl (C=O) groups excluding carboxylic acids is 2. The maximum absolute atomic E-state index is 12.9. The quantitative estimate of drug-likeness (QED) is 0.0398. The van der Waals surface area contributed by atoms with E-state index in [1.807, 2.05) is 12.1 Å². The molecule has 0 fully saturated rings. The fraction of sp³-hybridized carbons (Fsp3) is 0.807. The molecule has 0 amide bonds. The van der Waals surface area contributed by atoms with E-state index in [1.54, 1.807) is 18.6 Å². The van der Waals surface area contributed by atoms with Gasteiger partial charge in [0.2, 0.25) is 0 Å². The van der Waals surface area contributed by atoms with E-state index < -0.39 is 0 Å². The average molecular weight is 880 g/mol. The highest BCUT2D eigenvalue weighted by Gasteiger charge is 2.14. The minimum atomic E-state index is -0.0242. The van der Waals surface area contributed by atoms with Crippen LogP contribution in [0.3, 0.4) is 0 Å². The van der Waals surface area contributed by atoms with Crippen LogP contribution in [0.1, 0.15) is 282 Å². The van der Waals surface area contributed by atoms with Crippen LogP contribution in [0, 0.1) is 6.92 Å². The molecule has 0 bridgehead atoms. The number of allylic oxidation sites excluding steroid dienone is 2. The number of unbranched alkanes of at least 4 members (excludes halogenated alkanes) is 27. The van der Waals surface area contributed by atoms with Gasteiger partial charge in [-0.3, -0.25) is 14.4 Å². The number of carbonyl (C=O) groups is 2. The fourth-order valence-electron chi connectivity index (χ4n) is 8.66. The number of hydrogen-bond acceptors (Lipinski definition) is 6. The number of aryl methyl sites for hydroxylation is 1. The molecule has 6 heteroatoms. The molecule has 63 heavy (non-hydrogen) atoms. The zero-order valence-electron chi connectivity index (χ0n) is 42.0. The monoisotopic (exact) mass is 880 g/mol. The summed E-state index contributed by atoms with van der Waals surface area (Å²) in [5, 5.41) is 0. The van der Waals surface area contributed by atoms with Crippen molar-refractivity contribution in [1.82, 2.24) is 0 Å². The van der Waals surface area contributed by atoms with Gasteiger partial charge in [-0.1, -0.05) is 186 Å². The molecule has 1 aromatic carbocycles. The molecule has 364 valence electrons. The molecule has 0 aliphatic carbocycles. The van der Waals surface area contributed by atoms with Crippen molar-refractivity contribution < 1.29 is 19.1 Å². The lowest BCUT2D eigenvalue weighted by Gasteiger charge is -2.18. The number of hydrogen-bond donors (Lipinski definition) is 1. The third-order valence-electron chi connectivity index (χ3n) is 13.0. The Kier molecular flexibility index (Phi) is 40.1. The van der Waals surface area contributed by atoms with Gasteiger partial charge < -0.3 is 15.2 Å². The van der Waals surface area contributed by atoms with Crippen LogP contribution in [0.2, 0.25) is 0 Å². The number of nitrogen functional groups attached to an aromatic ring is 1. The molecular formula is C57H101NO5. The maximum Gasteiger partial charge on any atom is 0.306 e. The topological polar surface area (TPSA) is 95.7 Å². The van der Waals surface area contributed by atoms with Crippen molar-refractivity contribution in [2.75, 3.05) is 12.3 Å². The van der Waals surface area contributed by atoms with E-state index in [4.69, 9.17) is 15.2 Å². The van der Waals surface area contributed by atoms with E-state index in [9.17, 15) is 14.4 Å². The van der Waals surface area contributed by atoms with Crippen molar-refractivity contribution in [2.24, 2.45) is 0 Å². The molecule has 0 aliphatic rings. The first kappa shape index (κ1) is 58.4. The van der Waals surface area contributed by atoms with Gasteiger partial charge in [0, 0.05) is 24.1 Å². The minimum Gasteiger partial charge on any atom is -0.466 e. The summed E-state index contributed by atoms with van der Waals surface area (Å²) < 4.78 is 11.6. The first-order chi connectivity index (χ1) is 30.8. The summed E-state index contributed by atoms with van der Waals surface area (Å²) in [5.74, 6) is -0.0000573. The lowest BCUT2D eigenvalue weighted by molar-refractivity contribution is -0.150. The highest BCUT2D eigenvalue weighted by atomic mass is 16.5. The molecule has 0 saturated heterocycles. The normalized spacial score (nSPS) is 11.7.